The molecule has 1 aromatic rings. The van der Waals surface area contributed by atoms with Crippen LogP contribution >= 0.6 is 0 Å². The number of piperidine rings is 1. The number of rotatable bonds is 4. The number of nitrogens with zero attached hydrogens (tertiary/aromatic N) is 1. The minimum absolute atomic E-state index is 0.704. The van der Waals surface area contributed by atoms with E-state index in [0.29, 0.717) is 6.04 Å². The monoisotopic (exact) mass is 232 g/mol. The van der Waals surface area contributed by atoms with Crippen molar-refractivity contribution >= 4 is 0 Å². The smallest absolute Gasteiger partial charge is 0.0236 e. The molecule has 94 valence electrons. The first kappa shape index (κ1) is 12.6. The third-order valence-electron chi connectivity index (χ3n) is 3.76. The van der Waals surface area contributed by atoms with E-state index in [1.54, 1.807) is 0 Å². The molecule has 1 aromatic carbocycles. The second kappa shape index (κ2) is 6.18. The van der Waals surface area contributed by atoms with Gasteiger partial charge in [-0.1, -0.05) is 36.2 Å². The molecule has 1 fully saturated rings. The second-order valence-electron chi connectivity index (χ2n) is 5.18. The van der Waals surface area contributed by atoms with Crippen LogP contribution in [0.4, 0.5) is 0 Å². The number of aryl methyl sites for hydroxylation is 1. The van der Waals surface area contributed by atoms with Gasteiger partial charge < -0.3 is 5.73 Å². The van der Waals surface area contributed by atoms with Gasteiger partial charge in [0.15, 0.2) is 0 Å². The van der Waals surface area contributed by atoms with Crippen LogP contribution in [0.25, 0.3) is 0 Å². The summed E-state index contributed by atoms with van der Waals surface area (Å²) >= 11 is 0. The fourth-order valence-corrected chi connectivity index (χ4v) is 2.72. The SMILES string of the molecule is Cc1ccc(CN2CCCCC2CCN)cc1. The quantitative estimate of drug-likeness (QED) is 0.865. The van der Waals surface area contributed by atoms with Crippen molar-refractivity contribution in [2.45, 2.75) is 45.2 Å². The average molecular weight is 232 g/mol. The van der Waals surface area contributed by atoms with E-state index in [4.69, 9.17) is 5.73 Å². The summed E-state index contributed by atoms with van der Waals surface area (Å²) in [6.07, 6.45) is 5.18. The van der Waals surface area contributed by atoms with Crippen LogP contribution in [0.2, 0.25) is 0 Å². The predicted octanol–water partition coefficient (Wildman–Crippen LogP) is 2.70. The van der Waals surface area contributed by atoms with Crippen LogP contribution in [0.1, 0.15) is 36.8 Å². The van der Waals surface area contributed by atoms with E-state index in [2.05, 4.69) is 36.1 Å². The van der Waals surface area contributed by atoms with E-state index in [1.807, 2.05) is 0 Å². The van der Waals surface area contributed by atoms with Crippen molar-refractivity contribution in [2.75, 3.05) is 13.1 Å². The molecule has 0 aromatic heterocycles. The molecule has 1 aliphatic heterocycles. The summed E-state index contributed by atoms with van der Waals surface area (Å²) in [6, 6.07) is 9.62. The molecule has 1 atom stereocenters. The maximum Gasteiger partial charge on any atom is 0.0236 e. The third kappa shape index (κ3) is 3.55. The lowest BCUT2D eigenvalue weighted by Crippen LogP contribution is -2.40. The van der Waals surface area contributed by atoms with Gasteiger partial charge in [0.25, 0.3) is 0 Å². The lowest BCUT2D eigenvalue weighted by molar-refractivity contribution is 0.134. The minimum atomic E-state index is 0.704. The van der Waals surface area contributed by atoms with E-state index in [9.17, 15) is 0 Å². The van der Waals surface area contributed by atoms with Crippen LogP contribution < -0.4 is 5.73 Å². The molecule has 0 radical (unpaired) electrons. The fraction of sp³-hybridized carbons (Fsp3) is 0.600. The van der Waals surface area contributed by atoms with Crippen molar-refractivity contribution in [2.24, 2.45) is 5.73 Å². The molecule has 2 heteroatoms. The maximum absolute atomic E-state index is 5.71. The normalized spacial score (nSPS) is 21.6. The van der Waals surface area contributed by atoms with Crippen LogP contribution in [-0.4, -0.2) is 24.0 Å². The zero-order valence-corrected chi connectivity index (χ0v) is 10.9. The van der Waals surface area contributed by atoms with Crippen LogP contribution in [-0.2, 0) is 6.54 Å². The van der Waals surface area contributed by atoms with Gasteiger partial charge in [0, 0.05) is 12.6 Å². The molecule has 0 saturated carbocycles. The number of nitrogens with two attached hydrogens (primary N) is 1. The number of hydrogen-bond acceptors (Lipinski definition) is 2. The van der Waals surface area contributed by atoms with Crippen LogP contribution in [0.5, 0.6) is 0 Å². The standard InChI is InChI=1S/C15H24N2/c1-13-5-7-14(8-6-13)12-17-11-3-2-4-15(17)9-10-16/h5-8,15H,2-4,9-12,16H2,1H3. The molecular formula is C15H24N2. The van der Waals surface area contributed by atoms with Gasteiger partial charge in [-0.3, -0.25) is 4.90 Å². The van der Waals surface area contributed by atoms with Crippen molar-refractivity contribution < 1.29 is 0 Å². The highest BCUT2D eigenvalue weighted by Gasteiger charge is 2.21. The zero-order chi connectivity index (χ0) is 12.1. The summed E-state index contributed by atoms with van der Waals surface area (Å²) < 4.78 is 0. The zero-order valence-electron chi connectivity index (χ0n) is 10.9. The number of likely N-dealkylation sites (tertiary alicyclic amines) is 1. The number of benzene rings is 1. The van der Waals surface area contributed by atoms with Gasteiger partial charge in [0.2, 0.25) is 0 Å². The molecule has 2 N–H and O–H groups in total. The highest BCUT2D eigenvalue weighted by molar-refractivity contribution is 5.21. The first-order valence-corrected chi connectivity index (χ1v) is 6.79. The molecule has 0 spiro atoms. The van der Waals surface area contributed by atoms with Crippen LogP contribution in [0.15, 0.2) is 24.3 Å². The predicted molar refractivity (Wildman–Crippen MR) is 72.9 cm³/mol. The summed E-state index contributed by atoms with van der Waals surface area (Å²) in [6.45, 7) is 5.28. The second-order valence-corrected chi connectivity index (χ2v) is 5.18. The fourth-order valence-electron chi connectivity index (χ4n) is 2.72. The van der Waals surface area contributed by atoms with Gasteiger partial charge in [0.05, 0.1) is 0 Å². The number of hydrogen-bond donors (Lipinski definition) is 1. The molecule has 0 bridgehead atoms. The summed E-state index contributed by atoms with van der Waals surface area (Å²) in [5, 5.41) is 0. The van der Waals surface area contributed by atoms with Crippen molar-refractivity contribution in [3.8, 4) is 0 Å². The van der Waals surface area contributed by atoms with Gasteiger partial charge in [-0.25, -0.2) is 0 Å². The maximum atomic E-state index is 5.71. The third-order valence-corrected chi connectivity index (χ3v) is 3.76. The van der Waals surface area contributed by atoms with Gasteiger partial charge in [-0.15, -0.1) is 0 Å². The lowest BCUT2D eigenvalue weighted by Gasteiger charge is -2.35. The summed E-state index contributed by atoms with van der Waals surface area (Å²) in [5.74, 6) is 0. The highest BCUT2D eigenvalue weighted by Crippen LogP contribution is 2.21. The summed E-state index contributed by atoms with van der Waals surface area (Å²) in [4.78, 5) is 2.61. The van der Waals surface area contributed by atoms with Crippen molar-refractivity contribution in [3.05, 3.63) is 35.4 Å². The van der Waals surface area contributed by atoms with Crippen molar-refractivity contribution in [1.29, 1.82) is 0 Å². The Morgan fingerprint density at radius 2 is 2.00 bits per heavy atom. The molecule has 1 saturated heterocycles. The van der Waals surface area contributed by atoms with Gasteiger partial charge in [0.1, 0.15) is 0 Å². The lowest BCUT2D eigenvalue weighted by atomic mass is 9.98. The van der Waals surface area contributed by atoms with E-state index in [0.717, 1.165) is 19.5 Å². The molecule has 0 aliphatic carbocycles. The molecular weight excluding hydrogens is 208 g/mol. The average Bonchev–Trinajstić information content (AvgIpc) is 2.35. The Kier molecular flexibility index (Phi) is 4.57. The molecule has 1 aliphatic rings. The summed E-state index contributed by atoms with van der Waals surface area (Å²) in [5.41, 5.74) is 8.48. The largest absolute Gasteiger partial charge is 0.330 e. The Labute approximate surface area is 105 Å². The van der Waals surface area contributed by atoms with Crippen LogP contribution in [0, 0.1) is 6.92 Å². The van der Waals surface area contributed by atoms with Gasteiger partial charge in [-0.2, -0.15) is 0 Å². The Hall–Kier alpha value is -0.860. The molecule has 17 heavy (non-hydrogen) atoms. The Morgan fingerprint density at radius 1 is 1.24 bits per heavy atom. The Bertz CT molecular complexity index is 329. The van der Waals surface area contributed by atoms with E-state index in [1.165, 1.54) is 36.9 Å². The molecule has 1 unspecified atom stereocenters. The minimum Gasteiger partial charge on any atom is -0.330 e. The molecule has 2 nitrogen and oxygen atoms in total. The van der Waals surface area contributed by atoms with Gasteiger partial charge in [-0.05, 0) is 44.8 Å². The highest BCUT2D eigenvalue weighted by atomic mass is 15.2. The Morgan fingerprint density at radius 3 is 2.71 bits per heavy atom. The molecule has 1 heterocycles. The first-order chi connectivity index (χ1) is 8.29. The first-order valence-electron chi connectivity index (χ1n) is 6.79. The van der Waals surface area contributed by atoms with Crippen LogP contribution in [0.3, 0.4) is 0 Å². The van der Waals surface area contributed by atoms with Crippen molar-refractivity contribution in [3.63, 3.8) is 0 Å². The van der Waals surface area contributed by atoms with Crippen molar-refractivity contribution in [1.82, 2.24) is 4.90 Å². The van der Waals surface area contributed by atoms with E-state index < -0.39 is 0 Å². The summed E-state index contributed by atoms with van der Waals surface area (Å²) in [7, 11) is 0. The molecule has 0 amide bonds. The molecule has 2 rings (SSSR count). The Balaban J connectivity index is 1.97. The van der Waals surface area contributed by atoms with E-state index >= 15 is 0 Å². The topological polar surface area (TPSA) is 29.3 Å². The van der Waals surface area contributed by atoms with Gasteiger partial charge >= 0.3 is 0 Å². The van der Waals surface area contributed by atoms with E-state index in [-0.39, 0.29) is 0 Å².